The normalized spacial score (nSPS) is 20.6. The van der Waals surface area contributed by atoms with E-state index in [2.05, 4.69) is 4.72 Å². The third kappa shape index (κ3) is 4.85. The molecule has 2 saturated heterocycles. The number of sulfonamides is 1. The summed E-state index contributed by atoms with van der Waals surface area (Å²) in [5.41, 5.74) is 0.831. The number of rotatable bonds is 6. The first-order valence-corrected chi connectivity index (χ1v) is 13.4. The lowest BCUT2D eigenvalue weighted by Crippen LogP contribution is -2.51. The van der Waals surface area contributed by atoms with Crippen LogP contribution in [0.4, 0.5) is 0 Å². The van der Waals surface area contributed by atoms with Crippen LogP contribution in [-0.2, 0) is 19.6 Å². The molecule has 2 aliphatic heterocycles. The molecule has 2 aliphatic rings. The molecule has 0 saturated carbocycles. The Morgan fingerprint density at radius 3 is 2.62 bits per heavy atom. The van der Waals surface area contributed by atoms with E-state index in [1.165, 1.54) is 11.0 Å². The van der Waals surface area contributed by atoms with Gasteiger partial charge in [0.25, 0.3) is 10.0 Å². The number of thiophene rings is 1. The molecule has 0 radical (unpaired) electrons. The molecular weight excluding hydrogens is 470 g/mol. The fourth-order valence-corrected chi connectivity index (χ4v) is 6.95. The third-order valence-electron chi connectivity index (χ3n) is 5.99. The molecule has 0 bridgehead atoms. The van der Waals surface area contributed by atoms with E-state index in [4.69, 9.17) is 11.6 Å². The van der Waals surface area contributed by atoms with Crippen LogP contribution in [0, 0.1) is 0 Å². The second-order valence-electron chi connectivity index (χ2n) is 8.19. The second kappa shape index (κ2) is 9.51. The molecule has 10 heteroatoms. The smallest absolute Gasteiger partial charge is 0.250 e. The number of nitrogens with one attached hydrogen (secondary N) is 1. The lowest BCUT2D eigenvalue weighted by atomic mass is 10.1. The number of piperidine rings is 1. The highest BCUT2D eigenvalue weighted by Crippen LogP contribution is 2.32. The highest BCUT2D eigenvalue weighted by molar-refractivity contribution is 7.91. The maximum Gasteiger partial charge on any atom is 0.250 e. The fraction of sp³-hybridized carbons (Fsp3) is 0.455. The van der Waals surface area contributed by atoms with Crippen molar-refractivity contribution < 1.29 is 18.0 Å². The van der Waals surface area contributed by atoms with Gasteiger partial charge in [0.1, 0.15) is 16.3 Å². The van der Waals surface area contributed by atoms with Crippen LogP contribution in [0.2, 0.25) is 5.02 Å². The molecule has 7 nitrogen and oxygen atoms in total. The van der Waals surface area contributed by atoms with Crippen molar-refractivity contribution in [2.75, 3.05) is 19.6 Å². The molecule has 2 fully saturated rings. The molecule has 1 N–H and O–H groups in total. The van der Waals surface area contributed by atoms with Crippen molar-refractivity contribution in [3.8, 4) is 10.4 Å². The van der Waals surface area contributed by atoms with Gasteiger partial charge >= 0.3 is 0 Å². The van der Waals surface area contributed by atoms with Gasteiger partial charge in [0.2, 0.25) is 11.8 Å². The zero-order chi connectivity index (χ0) is 22.9. The summed E-state index contributed by atoms with van der Waals surface area (Å²) in [7, 11) is -3.87. The highest BCUT2D eigenvalue weighted by atomic mass is 35.5. The summed E-state index contributed by atoms with van der Waals surface area (Å²) in [5, 5.41) is 0.572. The Kier molecular flexibility index (Phi) is 6.90. The van der Waals surface area contributed by atoms with Crippen LogP contribution < -0.4 is 4.72 Å². The molecule has 2 atom stereocenters. The van der Waals surface area contributed by atoms with Gasteiger partial charge in [-0.3, -0.25) is 9.59 Å². The lowest BCUT2D eigenvalue weighted by Gasteiger charge is -2.32. The van der Waals surface area contributed by atoms with E-state index < -0.39 is 22.1 Å². The first-order chi connectivity index (χ1) is 15.3. The molecule has 172 valence electrons. The van der Waals surface area contributed by atoms with E-state index in [1.807, 2.05) is 17.0 Å². The first-order valence-electron chi connectivity index (χ1n) is 10.7. The minimum atomic E-state index is -3.87. The maximum absolute atomic E-state index is 12.9. The molecule has 2 aromatic rings. The van der Waals surface area contributed by atoms with Gasteiger partial charge in [0, 0.05) is 29.5 Å². The van der Waals surface area contributed by atoms with Gasteiger partial charge in [-0.15, -0.1) is 11.3 Å². The summed E-state index contributed by atoms with van der Waals surface area (Å²) >= 11 is 7.16. The van der Waals surface area contributed by atoms with Crippen molar-refractivity contribution in [2.24, 2.45) is 0 Å². The largest absolute Gasteiger partial charge is 0.341 e. The number of nitrogens with zero attached hydrogens (tertiary/aromatic N) is 2. The van der Waals surface area contributed by atoms with Gasteiger partial charge in [-0.25, -0.2) is 8.42 Å². The SMILES string of the molecule is C[C@@H](C(=O)N1CCCCC1)N1CCC(NS(=O)(=O)c2ccc(-c3cccc(Cl)c3)s2)C1=O. The molecule has 0 spiro atoms. The molecule has 3 heterocycles. The topological polar surface area (TPSA) is 86.8 Å². The lowest BCUT2D eigenvalue weighted by molar-refractivity contribution is -0.143. The number of carbonyl (C=O) groups excluding carboxylic acids is 2. The van der Waals surface area contributed by atoms with Crippen molar-refractivity contribution in [2.45, 2.75) is 48.9 Å². The fourth-order valence-electron chi connectivity index (χ4n) is 4.21. The zero-order valence-electron chi connectivity index (χ0n) is 17.8. The predicted octanol–water partition coefficient (Wildman–Crippen LogP) is 3.35. The molecule has 1 aromatic heterocycles. The summed E-state index contributed by atoms with van der Waals surface area (Å²) in [6.07, 6.45) is 3.41. The van der Waals surface area contributed by atoms with Crippen LogP contribution in [0.1, 0.15) is 32.6 Å². The van der Waals surface area contributed by atoms with Gasteiger partial charge in [-0.1, -0.05) is 23.7 Å². The van der Waals surface area contributed by atoms with Gasteiger partial charge in [-0.2, -0.15) is 4.72 Å². The summed E-state index contributed by atoms with van der Waals surface area (Å²) in [6.45, 7) is 3.51. The highest BCUT2D eigenvalue weighted by Gasteiger charge is 2.40. The Hall–Kier alpha value is -1.94. The molecule has 1 aromatic carbocycles. The van der Waals surface area contributed by atoms with Gasteiger partial charge < -0.3 is 9.80 Å². The number of hydrogen-bond donors (Lipinski definition) is 1. The van der Waals surface area contributed by atoms with E-state index in [0.717, 1.165) is 41.0 Å². The van der Waals surface area contributed by atoms with E-state index in [9.17, 15) is 18.0 Å². The monoisotopic (exact) mass is 495 g/mol. The van der Waals surface area contributed by atoms with Gasteiger partial charge in [0.15, 0.2) is 0 Å². The Bertz CT molecular complexity index is 1110. The molecule has 1 unspecified atom stereocenters. The maximum atomic E-state index is 12.9. The van der Waals surface area contributed by atoms with Crippen molar-refractivity contribution in [3.63, 3.8) is 0 Å². The van der Waals surface area contributed by atoms with Crippen LogP contribution >= 0.6 is 22.9 Å². The Labute approximate surface area is 197 Å². The zero-order valence-corrected chi connectivity index (χ0v) is 20.2. The third-order valence-corrected chi connectivity index (χ3v) is 9.32. The van der Waals surface area contributed by atoms with Crippen LogP contribution in [0.3, 0.4) is 0 Å². The van der Waals surface area contributed by atoms with E-state index in [1.54, 1.807) is 25.1 Å². The standard InChI is InChI=1S/C22H26ClN3O4S2/c1-15(21(27)25-11-3-2-4-12-25)26-13-10-18(22(26)28)24-32(29,30)20-9-8-19(31-20)16-6-5-7-17(23)14-16/h5-9,14-15,18,24H,2-4,10-13H2,1H3/t15-,18?/m0/s1. The van der Waals surface area contributed by atoms with Crippen molar-refractivity contribution in [3.05, 3.63) is 41.4 Å². The van der Waals surface area contributed by atoms with Crippen LogP contribution in [0.25, 0.3) is 10.4 Å². The number of likely N-dealkylation sites (tertiary alicyclic amines) is 2. The van der Waals surface area contributed by atoms with Crippen molar-refractivity contribution in [1.29, 1.82) is 0 Å². The Morgan fingerprint density at radius 2 is 1.91 bits per heavy atom. The second-order valence-corrected chi connectivity index (χ2v) is 11.6. The predicted molar refractivity (Wildman–Crippen MR) is 125 cm³/mol. The minimum absolute atomic E-state index is 0.0639. The quantitative estimate of drug-likeness (QED) is 0.665. The molecule has 2 amide bonds. The number of carbonyl (C=O) groups is 2. The summed E-state index contributed by atoms with van der Waals surface area (Å²) in [4.78, 5) is 29.8. The van der Waals surface area contributed by atoms with Gasteiger partial charge in [0.05, 0.1) is 0 Å². The first kappa shape index (κ1) is 23.2. The van der Waals surface area contributed by atoms with Gasteiger partial charge in [-0.05, 0) is 62.4 Å². The number of benzene rings is 1. The van der Waals surface area contributed by atoms with Crippen LogP contribution in [0.15, 0.2) is 40.6 Å². The van der Waals surface area contributed by atoms with E-state index >= 15 is 0 Å². The van der Waals surface area contributed by atoms with Crippen LogP contribution in [0.5, 0.6) is 0 Å². The van der Waals surface area contributed by atoms with E-state index in [0.29, 0.717) is 31.1 Å². The average Bonchev–Trinajstić information content (AvgIpc) is 3.42. The molecular formula is C22H26ClN3O4S2. The minimum Gasteiger partial charge on any atom is -0.341 e. The summed E-state index contributed by atoms with van der Waals surface area (Å²) in [5.74, 6) is -0.413. The molecule has 0 aliphatic carbocycles. The Balaban J connectivity index is 1.43. The average molecular weight is 496 g/mol. The number of halogens is 1. The van der Waals surface area contributed by atoms with E-state index in [-0.39, 0.29) is 16.0 Å². The van der Waals surface area contributed by atoms with Crippen LogP contribution in [-0.4, -0.2) is 61.7 Å². The summed E-state index contributed by atoms with van der Waals surface area (Å²) in [6, 6.07) is 9.00. The van der Waals surface area contributed by atoms with Crippen molar-refractivity contribution in [1.82, 2.24) is 14.5 Å². The van der Waals surface area contributed by atoms with Crippen molar-refractivity contribution >= 4 is 44.8 Å². The Morgan fingerprint density at radius 1 is 1.16 bits per heavy atom. The molecule has 4 rings (SSSR count). The molecule has 32 heavy (non-hydrogen) atoms. The number of hydrogen-bond acceptors (Lipinski definition) is 5. The number of amides is 2. The summed E-state index contributed by atoms with van der Waals surface area (Å²) < 4.78 is 28.5.